The molecule has 8 nitrogen and oxygen atoms in total. The van der Waals surface area contributed by atoms with Gasteiger partial charge in [-0.15, -0.1) is 0 Å². The molecule has 1 aliphatic rings. The van der Waals surface area contributed by atoms with E-state index >= 15 is 0 Å². The van der Waals surface area contributed by atoms with Crippen LogP contribution < -0.4 is 5.32 Å². The van der Waals surface area contributed by atoms with E-state index in [1.54, 1.807) is 27.8 Å². The molecular weight excluding hydrogens is 451 g/mol. The Morgan fingerprint density at radius 3 is 2.29 bits per heavy atom. The number of hydrogen-bond acceptors (Lipinski definition) is 6. The monoisotopic (exact) mass is 476 g/mol. The molecule has 0 aromatic carbocycles. The Labute approximate surface area is 157 Å². The second-order valence-corrected chi connectivity index (χ2v) is 9.96. The van der Waals surface area contributed by atoms with E-state index in [9.17, 15) is 18.0 Å². The van der Waals surface area contributed by atoms with E-state index < -0.39 is 34.0 Å². The first-order valence-electron chi connectivity index (χ1n) is 7.59. The first-order chi connectivity index (χ1) is 10.8. The minimum Gasteiger partial charge on any atom is -0.444 e. The van der Waals surface area contributed by atoms with Crippen LogP contribution in [0.25, 0.3) is 0 Å². The number of alkyl carbamates (subject to hydrolysis) is 1. The summed E-state index contributed by atoms with van der Waals surface area (Å²) in [5.74, 6) is -0.365. The maximum atomic E-state index is 12.2. The molecule has 0 aromatic heterocycles. The highest BCUT2D eigenvalue weighted by Gasteiger charge is 2.38. The molecule has 0 radical (unpaired) electrons. The number of nitrogens with one attached hydrogen (secondary N) is 1. The van der Waals surface area contributed by atoms with Crippen molar-refractivity contribution in [3.05, 3.63) is 0 Å². The van der Waals surface area contributed by atoms with Crippen LogP contribution in [-0.2, 0) is 23.8 Å². The van der Waals surface area contributed by atoms with Crippen molar-refractivity contribution in [1.29, 1.82) is 0 Å². The fourth-order valence-electron chi connectivity index (χ4n) is 2.57. The van der Waals surface area contributed by atoms with E-state index in [1.807, 2.05) is 22.9 Å². The number of carbonyl (C=O) groups excluding carboxylic acids is 2. The van der Waals surface area contributed by atoms with Gasteiger partial charge < -0.3 is 10.1 Å². The van der Waals surface area contributed by atoms with Crippen LogP contribution in [0.5, 0.6) is 0 Å². The number of rotatable bonds is 4. The van der Waals surface area contributed by atoms with E-state index in [2.05, 4.69) is 5.32 Å². The molecule has 0 aliphatic heterocycles. The Balaban J connectivity index is 2.86. The lowest BCUT2D eigenvalue weighted by Gasteiger charge is -2.35. The van der Waals surface area contributed by atoms with Crippen molar-refractivity contribution in [3.63, 3.8) is 0 Å². The number of hydrogen-bond donors (Lipinski definition) is 1. The molecule has 1 N–H and O–H groups in total. The average Bonchev–Trinajstić information content (AvgIpc) is 2.35. The van der Waals surface area contributed by atoms with Crippen LogP contribution >= 0.6 is 22.9 Å². The summed E-state index contributed by atoms with van der Waals surface area (Å²) in [7, 11) is -2.02. The van der Waals surface area contributed by atoms with Crippen molar-refractivity contribution in [2.75, 3.05) is 13.3 Å². The Bertz CT molecular complexity index is 572. The van der Waals surface area contributed by atoms with Crippen LogP contribution in [0.2, 0.25) is 0 Å². The van der Waals surface area contributed by atoms with Gasteiger partial charge in [0.05, 0.1) is 41.3 Å². The van der Waals surface area contributed by atoms with Crippen LogP contribution in [0.1, 0.15) is 40.0 Å². The second kappa shape index (κ2) is 8.17. The minimum atomic E-state index is -3.67. The zero-order chi connectivity index (χ0) is 18.7. The van der Waals surface area contributed by atoms with Crippen LogP contribution in [0.4, 0.5) is 4.79 Å². The molecule has 24 heavy (non-hydrogen) atoms. The zero-order valence-corrected chi connectivity index (χ0v) is 17.5. The number of carbonyl (C=O) groups is 2. The van der Waals surface area contributed by atoms with Crippen molar-refractivity contribution < 1.29 is 26.9 Å². The van der Waals surface area contributed by atoms with Gasteiger partial charge in [-0.3, -0.25) is 12.1 Å². The third kappa shape index (κ3) is 7.51. The highest BCUT2D eigenvalue weighted by atomic mass is 127. The van der Waals surface area contributed by atoms with Gasteiger partial charge in [0.2, 0.25) is 5.91 Å². The van der Waals surface area contributed by atoms with Crippen LogP contribution in [-0.4, -0.2) is 54.6 Å². The molecule has 1 saturated carbocycles. The first kappa shape index (κ1) is 21.4. The molecule has 1 aliphatic carbocycles. The molecule has 10 heteroatoms. The van der Waals surface area contributed by atoms with Crippen molar-refractivity contribution in [3.8, 4) is 0 Å². The Morgan fingerprint density at radius 2 is 1.83 bits per heavy atom. The standard InChI is InChI=1S/C14H25IN2O6S/c1-14(2,3)22-13(19)16-10-8-9(12(18)17(4)15)6-7-11(10)23-24(5,20)21/h9-11H,6-8H2,1-5H3,(H,16,19)/t9-,10+,11+/m0/s1. The van der Waals surface area contributed by atoms with Gasteiger partial charge in [0.25, 0.3) is 10.1 Å². The number of halogens is 1. The van der Waals surface area contributed by atoms with Crippen molar-refractivity contribution in [1.82, 2.24) is 8.43 Å². The summed E-state index contributed by atoms with van der Waals surface area (Å²) in [5, 5.41) is 2.65. The molecule has 0 heterocycles. The summed E-state index contributed by atoms with van der Waals surface area (Å²) in [6.45, 7) is 5.19. The average molecular weight is 476 g/mol. The largest absolute Gasteiger partial charge is 0.444 e. The van der Waals surface area contributed by atoms with Crippen LogP contribution in [0, 0.1) is 5.92 Å². The molecule has 140 valence electrons. The molecular formula is C14H25IN2O6S. The lowest BCUT2D eigenvalue weighted by atomic mass is 9.83. The van der Waals surface area contributed by atoms with E-state index in [4.69, 9.17) is 8.92 Å². The smallest absolute Gasteiger partial charge is 0.407 e. The molecule has 2 amide bonds. The van der Waals surface area contributed by atoms with E-state index in [0.717, 1.165) is 6.26 Å². The lowest BCUT2D eigenvalue weighted by molar-refractivity contribution is -0.130. The first-order valence-corrected chi connectivity index (χ1v) is 10.4. The second-order valence-electron chi connectivity index (χ2n) is 6.92. The summed E-state index contributed by atoms with van der Waals surface area (Å²) >= 11 is 1.89. The highest BCUT2D eigenvalue weighted by Crippen LogP contribution is 2.29. The fraction of sp³-hybridized carbons (Fsp3) is 0.857. The number of ether oxygens (including phenoxy) is 1. The summed E-state index contributed by atoms with van der Waals surface area (Å²) in [5.41, 5.74) is -0.677. The van der Waals surface area contributed by atoms with Gasteiger partial charge in [0.1, 0.15) is 5.60 Å². The van der Waals surface area contributed by atoms with E-state index in [-0.39, 0.29) is 11.8 Å². The maximum Gasteiger partial charge on any atom is 0.407 e. The van der Waals surface area contributed by atoms with Crippen molar-refractivity contribution in [2.24, 2.45) is 5.92 Å². The maximum absolute atomic E-state index is 12.2. The van der Waals surface area contributed by atoms with Crippen LogP contribution in [0.3, 0.4) is 0 Å². The minimum absolute atomic E-state index is 0.0654. The molecule has 1 rings (SSSR count). The quantitative estimate of drug-likeness (QED) is 0.378. The van der Waals surface area contributed by atoms with Gasteiger partial charge in [-0.05, 0) is 40.0 Å². The Morgan fingerprint density at radius 1 is 1.25 bits per heavy atom. The van der Waals surface area contributed by atoms with Gasteiger partial charge in [-0.2, -0.15) is 8.42 Å². The Kier molecular flexibility index (Phi) is 7.29. The predicted octanol–water partition coefficient (Wildman–Crippen LogP) is 1.83. The number of amides is 2. The molecule has 0 aromatic rings. The molecule has 0 spiro atoms. The van der Waals surface area contributed by atoms with Crippen LogP contribution in [0.15, 0.2) is 0 Å². The van der Waals surface area contributed by atoms with E-state index in [0.29, 0.717) is 19.3 Å². The zero-order valence-electron chi connectivity index (χ0n) is 14.5. The molecule has 0 bridgehead atoms. The van der Waals surface area contributed by atoms with Gasteiger partial charge in [0, 0.05) is 13.0 Å². The molecule has 0 unspecified atom stereocenters. The Hall–Kier alpha value is -0.620. The van der Waals surface area contributed by atoms with Crippen molar-refractivity contribution >= 4 is 45.0 Å². The van der Waals surface area contributed by atoms with Gasteiger partial charge in [-0.1, -0.05) is 0 Å². The fourth-order valence-corrected chi connectivity index (χ4v) is 3.64. The topological polar surface area (TPSA) is 102 Å². The lowest BCUT2D eigenvalue weighted by Crippen LogP contribution is -2.51. The SMILES string of the molecule is CN(I)C(=O)[C@H]1CC[C@@H](OS(C)(=O)=O)[C@H](NC(=O)OC(C)(C)C)C1. The summed E-state index contributed by atoms with van der Waals surface area (Å²) in [4.78, 5) is 24.2. The van der Waals surface area contributed by atoms with Gasteiger partial charge in [0.15, 0.2) is 0 Å². The third-order valence-corrected chi connectivity index (χ3v) is 4.51. The molecule has 3 atom stereocenters. The third-order valence-electron chi connectivity index (χ3n) is 3.44. The summed E-state index contributed by atoms with van der Waals surface area (Å²) in [6, 6.07) is -0.617. The van der Waals surface area contributed by atoms with Crippen molar-refractivity contribution in [2.45, 2.75) is 57.8 Å². The van der Waals surface area contributed by atoms with E-state index in [1.165, 1.54) is 3.11 Å². The van der Waals surface area contributed by atoms with Gasteiger partial charge >= 0.3 is 6.09 Å². The highest BCUT2D eigenvalue weighted by molar-refractivity contribution is 14.1. The normalized spacial score (nSPS) is 25.0. The molecule has 0 saturated heterocycles. The van der Waals surface area contributed by atoms with Gasteiger partial charge in [-0.25, -0.2) is 4.79 Å². The summed E-state index contributed by atoms with van der Waals surface area (Å²) in [6.07, 6.45) is 0.744. The molecule has 1 fully saturated rings. The predicted molar refractivity (Wildman–Crippen MR) is 97.0 cm³/mol. The summed E-state index contributed by atoms with van der Waals surface area (Å²) < 4.78 is 34.6. The number of nitrogens with zero attached hydrogens (tertiary/aromatic N) is 1.